The first-order valence-corrected chi connectivity index (χ1v) is 5.16. The fourth-order valence-corrected chi connectivity index (χ4v) is 2.49. The molecule has 0 amide bonds. The van der Waals surface area contributed by atoms with Crippen molar-refractivity contribution in [3.63, 3.8) is 0 Å². The summed E-state index contributed by atoms with van der Waals surface area (Å²) in [5.74, 6) is -0.882. The Morgan fingerprint density at radius 3 is 3.07 bits per heavy atom. The third-order valence-corrected chi connectivity index (χ3v) is 3.35. The molecule has 1 aromatic carbocycles. The van der Waals surface area contributed by atoms with Crippen LogP contribution in [0.3, 0.4) is 0 Å². The van der Waals surface area contributed by atoms with Crippen LogP contribution in [0.4, 0.5) is 0 Å². The maximum absolute atomic E-state index is 10.8. The Labute approximate surface area is 88.2 Å². The van der Waals surface area contributed by atoms with Gasteiger partial charge in [-0.25, -0.2) is 9.78 Å². The summed E-state index contributed by atoms with van der Waals surface area (Å²) >= 11 is 1.27. The van der Waals surface area contributed by atoms with Crippen molar-refractivity contribution in [3.8, 4) is 0 Å². The number of benzene rings is 1. The Hall–Kier alpha value is -1.88. The molecule has 2 heterocycles. The summed E-state index contributed by atoms with van der Waals surface area (Å²) in [6.07, 6.45) is 1.63. The highest BCUT2D eigenvalue weighted by molar-refractivity contribution is 7.20. The normalized spacial score (nSPS) is 11.2. The molecule has 0 aliphatic carbocycles. The second-order valence-electron chi connectivity index (χ2n) is 3.23. The Balaban J connectivity index is 2.38. The summed E-state index contributed by atoms with van der Waals surface area (Å²) in [6, 6.07) is 5.50. The summed E-state index contributed by atoms with van der Waals surface area (Å²) in [6.45, 7) is 0. The number of hydrogen-bond acceptors (Lipinski definition) is 3. The molecule has 4 nitrogen and oxygen atoms in total. The average molecular weight is 218 g/mol. The molecule has 0 saturated heterocycles. The van der Waals surface area contributed by atoms with Gasteiger partial charge in [0.25, 0.3) is 0 Å². The number of aromatic nitrogens is 2. The van der Waals surface area contributed by atoms with E-state index in [0.717, 1.165) is 21.1 Å². The lowest BCUT2D eigenvalue weighted by Gasteiger charge is -1.88. The molecular weight excluding hydrogens is 212 g/mol. The third-order valence-electron chi connectivity index (χ3n) is 2.27. The lowest BCUT2D eigenvalue weighted by Crippen LogP contribution is -1.89. The van der Waals surface area contributed by atoms with E-state index < -0.39 is 5.97 Å². The molecule has 0 aliphatic heterocycles. The largest absolute Gasteiger partial charge is 0.477 e. The minimum absolute atomic E-state index is 0.359. The fourth-order valence-electron chi connectivity index (χ4n) is 1.58. The number of carboxylic acids is 1. The quantitative estimate of drug-likeness (QED) is 0.659. The van der Waals surface area contributed by atoms with E-state index in [-0.39, 0.29) is 0 Å². The minimum Gasteiger partial charge on any atom is -0.477 e. The highest BCUT2D eigenvalue weighted by Gasteiger charge is 2.09. The topological polar surface area (TPSA) is 66.0 Å². The second kappa shape index (κ2) is 2.80. The molecule has 0 bridgehead atoms. The molecule has 74 valence electrons. The van der Waals surface area contributed by atoms with Gasteiger partial charge in [0.2, 0.25) is 0 Å². The summed E-state index contributed by atoms with van der Waals surface area (Å²) < 4.78 is 0.951. The van der Waals surface area contributed by atoms with Gasteiger partial charge in [-0.2, -0.15) is 0 Å². The van der Waals surface area contributed by atoms with Crippen LogP contribution < -0.4 is 0 Å². The molecule has 2 N–H and O–H groups in total. The number of H-pyrrole nitrogens is 1. The van der Waals surface area contributed by atoms with Gasteiger partial charge in [-0.15, -0.1) is 11.3 Å². The number of aromatic amines is 1. The summed E-state index contributed by atoms with van der Waals surface area (Å²) in [7, 11) is 0. The highest BCUT2D eigenvalue weighted by Crippen LogP contribution is 2.28. The molecule has 3 rings (SSSR count). The zero-order valence-electron chi connectivity index (χ0n) is 7.52. The molecule has 5 heteroatoms. The van der Waals surface area contributed by atoms with E-state index in [4.69, 9.17) is 5.11 Å². The van der Waals surface area contributed by atoms with Crippen molar-refractivity contribution in [2.24, 2.45) is 0 Å². The number of nitrogens with one attached hydrogen (secondary N) is 1. The van der Waals surface area contributed by atoms with Crippen LogP contribution in [0.2, 0.25) is 0 Å². The summed E-state index contributed by atoms with van der Waals surface area (Å²) in [4.78, 5) is 18.3. The van der Waals surface area contributed by atoms with Crippen molar-refractivity contribution in [1.82, 2.24) is 9.97 Å². The van der Waals surface area contributed by atoms with Crippen LogP contribution in [-0.4, -0.2) is 21.0 Å². The third kappa shape index (κ3) is 1.20. The molecule has 0 unspecified atom stereocenters. The maximum Gasteiger partial charge on any atom is 0.345 e. The molecular formula is C10H6N2O2S. The van der Waals surface area contributed by atoms with Crippen LogP contribution in [0.5, 0.6) is 0 Å². The second-order valence-corrected chi connectivity index (χ2v) is 4.31. The van der Waals surface area contributed by atoms with E-state index in [1.807, 2.05) is 12.1 Å². The van der Waals surface area contributed by atoms with E-state index in [2.05, 4.69) is 9.97 Å². The van der Waals surface area contributed by atoms with Crippen molar-refractivity contribution in [2.45, 2.75) is 0 Å². The summed E-state index contributed by atoms with van der Waals surface area (Å²) in [5.41, 5.74) is 1.79. The van der Waals surface area contributed by atoms with Gasteiger partial charge >= 0.3 is 5.97 Å². The van der Waals surface area contributed by atoms with Gasteiger partial charge in [0.1, 0.15) is 4.88 Å². The van der Waals surface area contributed by atoms with E-state index >= 15 is 0 Å². The number of carboxylic acid groups (broad SMARTS) is 1. The van der Waals surface area contributed by atoms with Crippen LogP contribution in [0.25, 0.3) is 21.1 Å². The van der Waals surface area contributed by atoms with Gasteiger partial charge in [0, 0.05) is 4.70 Å². The molecule has 0 spiro atoms. The Bertz CT molecular complexity index is 620. The van der Waals surface area contributed by atoms with Crippen LogP contribution in [0.1, 0.15) is 9.67 Å². The van der Waals surface area contributed by atoms with Crippen molar-refractivity contribution in [2.75, 3.05) is 0 Å². The SMILES string of the molecule is O=C(O)c1cc2cc3[nH]cnc3cc2s1. The number of nitrogens with zero attached hydrogens (tertiary/aromatic N) is 1. The average Bonchev–Trinajstić information content (AvgIpc) is 2.77. The molecule has 0 radical (unpaired) electrons. The molecule has 0 atom stereocenters. The Kier molecular flexibility index (Phi) is 1.58. The monoisotopic (exact) mass is 218 g/mol. The van der Waals surface area contributed by atoms with Gasteiger partial charge in [-0.05, 0) is 23.6 Å². The van der Waals surface area contributed by atoms with Gasteiger partial charge in [0.15, 0.2) is 0 Å². The lowest BCUT2D eigenvalue weighted by molar-refractivity contribution is 0.0702. The standard InChI is InChI=1S/C10H6N2O2S/c13-10(14)9-2-5-1-6-7(12-4-11-6)3-8(5)15-9/h1-4H,(H,11,12)(H,13,14). The van der Waals surface area contributed by atoms with Gasteiger partial charge in [-0.1, -0.05) is 0 Å². The number of fused-ring (bicyclic) bond motifs is 2. The zero-order chi connectivity index (χ0) is 10.4. The van der Waals surface area contributed by atoms with Gasteiger partial charge in [0.05, 0.1) is 17.4 Å². The van der Waals surface area contributed by atoms with Crippen molar-refractivity contribution >= 4 is 38.4 Å². The Morgan fingerprint density at radius 2 is 2.27 bits per heavy atom. The maximum atomic E-state index is 10.8. The lowest BCUT2D eigenvalue weighted by atomic mass is 10.2. The first-order valence-electron chi connectivity index (χ1n) is 4.34. The van der Waals surface area contributed by atoms with Crippen molar-refractivity contribution in [1.29, 1.82) is 0 Å². The number of aromatic carboxylic acids is 1. The molecule has 3 aromatic rings. The first-order chi connectivity index (χ1) is 7.24. The first kappa shape index (κ1) is 8.43. The minimum atomic E-state index is -0.882. The summed E-state index contributed by atoms with van der Waals surface area (Å²) in [5, 5.41) is 9.80. The van der Waals surface area contributed by atoms with Crippen LogP contribution in [0, 0.1) is 0 Å². The smallest absolute Gasteiger partial charge is 0.345 e. The molecule has 2 aromatic heterocycles. The van der Waals surface area contributed by atoms with E-state index in [9.17, 15) is 4.79 Å². The number of carbonyl (C=O) groups is 1. The van der Waals surface area contributed by atoms with Crippen LogP contribution in [-0.2, 0) is 0 Å². The van der Waals surface area contributed by atoms with Crippen LogP contribution >= 0.6 is 11.3 Å². The molecule has 0 saturated carbocycles. The van der Waals surface area contributed by atoms with Crippen molar-refractivity contribution in [3.05, 3.63) is 29.4 Å². The number of thiophene rings is 1. The van der Waals surface area contributed by atoms with Gasteiger partial charge < -0.3 is 10.1 Å². The van der Waals surface area contributed by atoms with E-state index in [1.54, 1.807) is 12.4 Å². The predicted octanol–water partition coefficient (Wildman–Crippen LogP) is 2.48. The molecule has 0 aliphatic rings. The van der Waals surface area contributed by atoms with Crippen LogP contribution in [0.15, 0.2) is 24.5 Å². The fraction of sp³-hybridized carbons (Fsp3) is 0. The van der Waals surface area contributed by atoms with E-state index in [1.165, 1.54) is 11.3 Å². The van der Waals surface area contributed by atoms with E-state index in [0.29, 0.717) is 4.88 Å². The Morgan fingerprint density at radius 1 is 1.40 bits per heavy atom. The zero-order valence-corrected chi connectivity index (χ0v) is 8.34. The number of rotatable bonds is 1. The number of hydrogen-bond donors (Lipinski definition) is 2. The molecule has 0 fully saturated rings. The molecule has 15 heavy (non-hydrogen) atoms. The number of imidazole rings is 1. The predicted molar refractivity (Wildman–Crippen MR) is 58.4 cm³/mol. The highest BCUT2D eigenvalue weighted by atomic mass is 32.1. The van der Waals surface area contributed by atoms with Gasteiger partial charge in [-0.3, -0.25) is 0 Å². The van der Waals surface area contributed by atoms with Crippen molar-refractivity contribution < 1.29 is 9.90 Å².